The van der Waals surface area contributed by atoms with Gasteiger partial charge < -0.3 is 9.47 Å². The summed E-state index contributed by atoms with van der Waals surface area (Å²) in [7, 11) is 0. The van der Waals surface area contributed by atoms with Crippen LogP contribution in [0.4, 0.5) is 0 Å². The number of ether oxygens (including phenoxy) is 2. The second kappa shape index (κ2) is 5.87. The van der Waals surface area contributed by atoms with E-state index in [1.165, 1.54) is 0 Å². The smallest absolute Gasteiger partial charge is 0.183 e. The van der Waals surface area contributed by atoms with Gasteiger partial charge in [0.15, 0.2) is 11.8 Å². The molecule has 2 aliphatic heterocycles. The summed E-state index contributed by atoms with van der Waals surface area (Å²) in [5.74, 6) is 1.88. The highest BCUT2D eigenvalue weighted by molar-refractivity contribution is 5.78. The molecule has 0 N–H and O–H groups in total. The molecule has 0 bridgehead atoms. The summed E-state index contributed by atoms with van der Waals surface area (Å²) in [4.78, 5) is 8.77. The Labute approximate surface area is 96.8 Å². The third-order valence-electron chi connectivity index (χ3n) is 2.92. The average molecular weight is 224 g/mol. The minimum absolute atomic E-state index is 0.401. The molecule has 0 saturated carbocycles. The predicted octanol–water partition coefficient (Wildman–Crippen LogP) is 2.18. The molecule has 0 spiro atoms. The Balaban J connectivity index is 1.58. The Kier molecular flexibility index (Phi) is 4.19. The first kappa shape index (κ1) is 11.4. The standard InChI is InChI=1S/C12H20N2O2/c1-2-10-9-16-12(14-10)6-4-3-5-11-13-7-8-15-11/h10H,2-9H2,1H3. The Morgan fingerprint density at radius 3 is 2.62 bits per heavy atom. The number of nitrogens with zero attached hydrogens (tertiary/aromatic N) is 2. The first-order valence-electron chi connectivity index (χ1n) is 6.24. The third-order valence-corrected chi connectivity index (χ3v) is 2.92. The van der Waals surface area contributed by atoms with Crippen molar-refractivity contribution in [3.8, 4) is 0 Å². The maximum absolute atomic E-state index is 5.52. The van der Waals surface area contributed by atoms with E-state index in [4.69, 9.17) is 9.47 Å². The van der Waals surface area contributed by atoms with Crippen LogP contribution in [0.2, 0.25) is 0 Å². The molecule has 90 valence electrons. The highest BCUT2D eigenvalue weighted by atomic mass is 16.5. The van der Waals surface area contributed by atoms with Crippen LogP contribution in [0.15, 0.2) is 9.98 Å². The summed E-state index contributed by atoms with van der Waals surface area (Å²) < 4.78 is 10.9. The van der Waals surface area contributed by atoms with Crippen molar-refractivity contribution in [1.29, 1.82) is 0 Å². The second-order valence-electron chi connectivity index (χ2n) is 4.23. The fourth-order valence-corrected chi connectivity index (χ4v) is 1.90. The molecular formula is C12H20N2O2. The van der Waals surface area contributed by atoms with Gasteiger partial charge in [-0.1, -0.05) is 6.92 Å². The summed E-state index contributed by atoms with van der Waals surface area (Å²) in [6.07, 6.45) is 5.22. The minimum Gasteiger partial charge on any atom is -0.479 e. The summed E-state index contributed by atoms with van der Waals surface area (Å²) in [6, 6.07) is 0.401. The van der Waals surface area contributed by atoms with Gasteiger partial charge in [0, 0.05) is 12.8 Å². The van der Waals surface area contributed by atoms with Gasteiger partial charge in [0.05, 0.1) is 12.6 Å². The maximum atomic E-state index is 5.52. The minimum atomic E-state index is 0.401. The van der Waals surface area contributed by atoms with Crippen molar-refractivity contribution in [2.75, 3.05) is 19.8 Å². The van der Waals surface area contributed by atoms with E-state index in [2.05, 4.69) is 16.9 Å². The third kappa shape index (κ3) is 3.22. The Bertz CT molecular complexity index is 287. The summed E-state index contributed by atoms with van der Waals surface area (Å²) in [5.41, 5.74) is 0. The van der Waals surface area contributed by atoms with Gasteiger partial charge in [0.2, 0.25) is 0 Å². The predicted molar refractivity (Wildman–Crippen MR) is 64.2 cm³/mol. The van der Waals surface area contributed by atoms with Crippen molar-refractivity contribution in [2.45, 2.75) is 45.1 Å². The molecule has 0 fully saturated rings. The van der Waals surface area contributed by atoms with E-state index < -0.39 is 0 Å². The number of unbranched alkanes of at least 4 members (excludes halogenated alkanes) is 1. The normalized spacial score (nSPS) is 23.7. The molecule has 4 heteroatoms. The molecule has 0 amide bonds. The largest absolute Gasteiger partial charge is 0.479 e. The van der Waals surface area contributed by atoms with E-state index in [1.807, 2.05) is 0 Å². The SMILES string of the molecule is CCC1COC(CCCCC2=NCCO2)=N1. The van der Waals surface area contributed by atoms with Gasteiger partial charge in [-0.15, -0.1) is 0 Å². The van der Waals surface area contributed by atoms with Crippen molar-refractivity contribution in [3.05, 3.63) is 0 Å². The number of rotatable bonds is 6. The number of hydrogen-bond acceptors (Lipinski definition) is 4. The number of hydrogen-bond donors (Lipinski definition) is 0. The van der Waals surface area contributed by atoms with E-state index in [9.17, 15) is 0 Å². The monoisotopic (exact) mass is 224 g/mol. The zero-order valence-electron chi connectivity index (χ0n) is 9.95. The van der Waals surface area contributed by atoms with Gasteiger partial charge in [-0.25, -0.2) is 4.99 Å². The molecule has 2 aliphatic rings. The van der Waals surface area contributed by atoms with Crippen molar-refractivity contribution in [3.63, 3.8) is 0 Å². The maximum Gasteiger partial charge on any atom is 0.183 e. The summed E-state index contributed by atoms with van der Waals surface area (Å²) >= 11 is 0. The van der Waals surface area contributed by atoms with Crippen LogP contribution in [-0.2, 0) is 9.47 Å². The van der Waals surface area contributed by atoms with Crippen LogP contribution < -0.4 is 0 Å². The van der Waals surface area contributed by atoms with Crippen LogP contribution in [0.5, 0.6) is 0 Å². The lowest BCUT2D eigenvalue weighted by Gasteiger charge is -2.02. The summed E-state index contributed by atoms with van der Waals surface area (Å²) in [5, 5.41) is 0. The van der Waals surface area contributed by atoms with Gasteiger partial charge in [-0.3, -0.25) is 4.99 Å². The molecule has 0 aromatic carbocycles. The lowest BCUT2D eigenvalue weighted by Crippen LogP contribution is -2.03. The molecule has 2 rings (SSSR count). The van der Waals surface area contributed by atoms with Crippen LogP contribution in [0.1, 0.15) is 39.0 Å². The molecule has 2 heterocycles. The Morgan fingerprint density at radius 1 is 1.19 bits per heavy atom. The van der Waals surface area contributed by atoms with Crippen molar-refractivity contribution < 1.29 is 9.47 Å². The Morgan fingerprint density at radius 2 is 2.00 bits per heavy atom. The van der Waals surface area contributed by atoms with E-state index in [0.717, 1.165) is 63.7 Å². The van der Waals surface area contributed by atoms with Gasteiger partial charge >= 0.3 is 0 Å². The molecule has 0 aromatic heterocycles. The molecule has 1 atom stereocenters. The van der Waals surface area contributed by atoms with Gasteiger partial charge in [-0.2, -0.15) is 0 Å². The Hall–Kier alpha value is -1.06. The van der Waals surface area contributed by atoms with Crippen LogP contribution >= 0.6 is 0 Å². The topological polar surface area (TPSA) is 43.2 Å². The summed E-state index contributed by atoms with van der Waals surface area (Å²) in [6.45, 7) is 4.53. The molecule has 16 heavy (non-hydrogen) atoms. The first-order valence-corrected chi connectivity index (χ1v) is 6.24. The van der Waals surface area contributed by atoms with Gasteiger partial charge in [0.1, 0.15) is 13.2 Å². The van der Waals surface area contributed by atoms with Gasteiger partial charge in [0.25, 0.3) is 0 Å². The lowest BCUT2D eigenvalue weighted by molar-refractivity contribution is 0.306. The number of aliphatic imine (C=N–C) groups is 2. The van der Waals surface area contributed by atoms with Crippen molar-refractivity contribution in [2.24, 2.45) is 9.98 Å². The van der Waals surface area contributed by atoms with Crippen molar-refractivity contribution >= 4 is 11.8 Å². The fourth-order valence-electron chi connectivity index (χ4n) is 1.90. The van der Waals surface area contributed by atoms with Crippen LogP contribution in [-0.4, -0.2) is 37.6 Å². The van der Waals surface area contributed by atoms with Crippen LogP contribution in [0.3, 0.4) is 0 Å². The van der Waals surface area contributed by atoms with Crippen molar-refractivity contribution in [1.82, 2.24) is 0 Å². The van der Waals surface area contributed by atoms with E-state index in [0.29, 0.717) is 6.04 Å². The highest BCUT2D eigenvalue weighted by Gasteiger charge is 2.16. The average Bonchev–Trinajstić information content (AvgIpc) is 2.95. The zero-order chi connectivity index (χ0) is 11.2. The van der Waals surface area contributed by atoms with Crippen LogP contribution in [0.25, 0.3) is 0 Å². The fraction of sp³-hybridized carbons (Fsp3) is 0.833. The lowest BCUT2D eigenvalue weighted by atomic mass is 10.2. The molecule has 0 radical (unpaired) electrons. The first-order chi connectivity index (χ1) is 7.88. The van der Waals surface area contributed by atoms with Crippen LogP contribution in [0, 0.1) is 0 Å². The zero-order valence-corrected chi connectivity index (χ0v) is 9.95. The van der Waals surface area contributed by atoms with E-state index >= 15 is 0 Å². The molecule has 4 nitrogen and oxygen atoms in total. The second-order valence-corrected chi connectivity index (χ2v) is 4.23. The molecule has 0 aliphatic carbocycles. The van der Waals surface area contributed by atoms with E-state index in [1.54, 1.807) is 0 Å². The quantitative estimate of drug-likeness (QED) is 0.649. The van der Waals surface area contributed by atoms with Gasteiger partial charge in [-0.05, 0) is 19.3 Å². The van der Waals surface area contributed by atoms with E-state index in [-0.39, 0.29) is 0 Å². The highest BCUT2D eigenvalue weighted by Crippen LogP contribution is 2.13. The molecular weight excluding hydrogens is 204 g/mol. The molecule has 0 saturated heterocycles. The molecule has 1 unspecified atom stereocenters. The molecule has 0 aromatic rings.